The van der Waals surface area contributed by atoms with Crippen LogP contribution in [-0.4, -0.2) is 6.98 Å². The van der Waals surface area contributed by atoms with E-state index in [1.807, 2.05) is 30.3 Å². The van der Waals surface area contributed by atoms with Gasteiger partial charge in [0.15, 0.2) is 0 Å². The summed E-state index contributed by atoms with van der Waals surface area (Å²) in [6.45, 7) is -4.72. The van der Waals surface area contributed by atoms with E-state index in [1.54, 1.807) is 0 Å². The van der Waals surface area contributed by atoms with Gasteiger partial charge in [-0.1, -0.05) is 42.5 Å². The van der Waals surface area contributed by atoms with Crippen LogP contribution < -0.4 is 61.6 Å². The van der Waals surface area contributed by atoms with Crippen molar-refractivity contribution >= 4 is 12.4 Å². The Morgan fingerprint density at radius 3 is 2.21 bits per heavy atom. The summed E-state index contributed by atoms with van der Waals surface area (Å²) in [4.78, 5) is 0. The summed E-state index contributed by atoms with van der Waals surface area (Å²) in [6.07, 6.45) is 0. The fraction of sp³-hybridized carbons (Fsp3) is 0.0769. The van der Waals surface area contributed by atoms with Gasteiger partial charge in [-0.3, -0.25) is 0 Å². The normalized spacial score (nSPS) is 10.7. The molecule has 0 saturated carbocycles. The third kappa shape index (κ3) is 5.32. The first-order valence-electron chi connectivity index (χ1n) is 5.52. The van der Waals surface area contributed by atoms with Gasteiger partial charge >= 0.3 is 58.4 Å². The van der Waals surface area contributed by atoms with E-state index in [9.17, 15) is 12.9 Å². The predicted molar refractivity (Wildman–Crippen MR) is 65.9 cm³/mol. The van der Waals surface area contributed by atoms with E-state index >= 15 is 0 Å². The molecule has 0 bridgehead atoms. The molecule has 0 N–H and O–H groups in total. The van der Waals surface area contributed by atoms with Crippen LogP contribution in [0.5, 0.6) is 5.75 Å². The number of hydrogen-bond donors (Lipinski definition) is 0. The number of benzene rings is 2. The summed E-state index contributed by atoms with van der Waals surface area (Å²) in [5.74, 6) is 0.232. The standard InChI is InChI=1S/C13H11BF3O.K/c15-14(16,17)12-7-4-8-13(9-12)18-10-11-5-2-1-3-6-11;/h1-9H,10H2;/q-1;+1. The molecule has 0 aromatic heterocycles. The van der Waals surface area contributed by atoms with Crippen LogP contribution in [0.4, 0.5) is 12.9 Å². The van der Waals surface area contributed by atoms with Crippen LogP contribution in [-0.2, 0) is 6.61 Å². The molecule has 0 atom stereocenters. The molecule has 0 fully saturated rings. The Kier molecular flexibility index (Phi) is 6.62. The molecule has 2 aromatic carbocycles. The second-order valence-electron chi connectivity index (χ2n) is 3.92. The molecule has 0 radical (unpaired) electrons. The van der Waals surface area contributed by atoms with Crippen molar-refractivity contribution in [1.29, 1.82) is 0 Å². The third-order valence-corrected chi connectivity index (χ3v) is 2.48. The quantitative estimate of drug-likeness (QED) is 0.737. The van der Waals surface area contributed by atoms with Crippen molar-refractivity contribution in [3.05, 3.63) is 60.2 Å². The predicted octanol–water partition coefficient (Wildman–Crippen LogP) is 0.324. The molecular weight excluding hydrogens is 279 g/mol. The smallest absolute Gasteiger partial charge is 0.489 e. The first kappa shape index (κ1) is 16.8. The molecule has 0 heterocycles. The second kappa shape index (κ2) is 7.50. The monoisotopic (exact) mass is 290 g/mol. The fourth-order valence-electron chi connectivity index (χ4n) is 1.55. The van der Waals surface area contributed by atoms with Crippen LogP contribution >= 0.6 is 0 Å². The minimum absolute atomic E-state index is 0. The van der Waals surface area contributed by atoms with Crippen LogP contribution in [0.2, 0.25) is 0 Å². The largest absolute Gasteiger partial charge is 1.00 e. The van der Waals surface area contributed by atoms with Crippen molar-refractivity contribution in [1.82, 2.24) is 0 Å². The van der Waals surface area contributed by atoms with Crippen molar-refractivity contribution in [2.24, 2.45) is 0 Å². The summed E-state index contributed by atoms with van der Waals surface area (Å²) < 4.78 is 43.0. The zero-order valence-corrected chi connectivity index (χ0v) is 13.6. The number of rotatable bonds is 4. The molecule has 2 rings (SSSR count). The molecule has 6 heteroatoms. The average molecular weight is 290 g/mol. The van der Waals surface area contributed by atoms with Gasteiger partial charge in [-0.15, -0.1) is 5.46 Å². The van der Waals surface area contributed by atoms with E-state index in [1.165, 1.54) is 12.1 Å². The molecule has 1 nitrogen and oxygen atoms in total. The van der Waals surface area contributed by atoms with Crippen molar-refractivity contribution in [2.75, 3.05) is 0 Å². The molecule has 0 unspecified atom stereocenters. The average Bonchev–Trinajstić information content (AvgIpc) is 2.37. The SMILES string of the molecule is F[B-](F)(F)c1cccc(OCc2ccccc2)c1.[K+]. The van der Waals surface area contributed by atoms with Gasteiger partial charge in [0.2, 0.25) is 0 Å². The van der Waals surface area contributed by atoms with Gasteiger partial charge in [0.25, 0.3) is 0 Å². The van der Waals surface area contributed by atoms with Crippen LogP contribution in [0, 0.1) is 0 Å². The van der Waals surface area contributed by atoms with Crippen molar-refractivity contribution in [3.8, 4) is 5.75 Å². The molecule has 0 aliphatic carbocycles. The van der Waals surface area contributed by atoms with Crippen molar-refractivity contribution < 1.29 is 69.1 Å². The van der Waals surface area contributed by atoms with E-state index in [-0.39, 0.29) is 63.7 Å². The van der Waals surface area contributed by atoms with Gasteiger partial charge in [0.1, 0.15) is 12.4 Å². The summed E-state index contributed by atoms with van der Waals surface area (Å²) in [7, 11) is 0. The van der Waals surface area contributed by atoms with Crippen LogP contribution in [0.15, 0.2) is 54.6 Å². The maximum Gasteiger partial charge on any atom is 1.00 e. The molecule has 0 aliphatic heterocycles. The van der Waals surface area contributed by atoms with E-state index in [2.05, 4.69) is 0 Å². The number of hydrogen-bond acceptors (Lipinski definition) is 1. The van der Waals surface area contributed by atoms with Crippen molar-refractivity contribution in [3.63, 3.8) is 0 Å². The van der Waals surface area contributed by atoms with Crippen molar-refractivity contribution in [2.45, 2.75) is 6.61 Å². The summed E-state index contributed by atoms with van der Waals surface area (Å²) in [6, 6.07) is 14.3. The van der Waals surface area contributed by atoms with Gasteiger partial charge in [-0.05, 0) is 17.7 Å². The Labute approximate surface area is 152 Å². The molecular formula is C13H11BF3KO. The van der Waals surface area contributed by atoms with Gasteiger partial charge in [-0.25, -0.2) is 0 Å². The van der Waals surface area contributed by atoms with E-state index in [0.29, 0.717) is 0 Å². The van der Waals surface area contributed by atoms with Crippen LogP contribution in [0.3, 0.4) is 0 Å². The second-order valence-corrected chi connectivity index (χ2v) is 3.92. The Morgan fingerprint density at radius 2 is 1.58 bits per heavy atom. The van der Waals surface area contributed by atoms with Gasteiger partial charge in [-0.2, -0.15) is 0 Å². The van der Waals surface area contributed by atoms with Gasteiger partial charge in [0.05, 0.1) is 0 Å². The Hall–Kier alpha value is -0.269. The molecule has 0 spiro atoms. The first-order chi connectivity index (χ1) is 8.55. The molecule has 0 aliphatic rings. The first-order valence-corrected chi connectivity index (χ1v) is 5.52. The summed E-state index contributed by atoms with van der Waals surface area (Å²) in [5.41, 5.74) is 0.279. The Bertz CT molecular complexity index is 517. The molecule has 0 amide bonds. The summed E-state index contributed by atoms with van der Waals surface area (Å²) in [5, 5.41) is 0. The minimum atomic E-state index is -4.98. The molecule has 19 heavy (non-hydrogen) atoms. The molecule has 94 valence electrons. The zero-order chi connectivity index (χ0) is 13.0. The maximum absolute atomic E-state index is 12.5. The number of ether oxygens (including phenoxy) is 1. The number of halogens is 3. The van der Waals surface area contributed by atoms with E-state index < -0.39 is 12.4 Å². The van der Waals surface area contributed by atoms with Crippen LogP contribution in [0.1, 0.15) is 5.56 Å². The zero-order valence-electron chi connectivity index (χ0n) is 10.5. The van der Waals surface area contributed by atoms with E-state index in [0.717, 1.165) is 17.7 Å². The third-order valence-electron chi connectivity index (χ3n) is 2.48. The van der Waals surface area contributed by atoms with E-state index in [4.69, 9.17) is 4.74 Å². The molecule has 2 aromatic rings. The molecule has 0 saturated heterocycles. The minimum Gasteiger partial charge on any atom is -0.489 e. The maximum atomic E-state index is 12.5. The Balaban J connectivity index is 0.00000180. The van der Waals surface area contributed by atoms with Gasteiger partial charge in [0, 0.05) is 0 Å². The topological polar surface area (TPSA) is 9.23 Å². The fourth-order valence-corrected chi connectivity index (χ4v) is 1.55. The van der Waals surface area contributed by atoms with Gasteiger partial charge < -0.3 is 17.7 Å². The summed E-state index contributed by atoms with van der Waals surface area (Å²) >= 11 is 0. The Morgan fingerprint density at radius 1 is 0.895 bits per heavy atom. The van der Waals surface area contributed by atoms with Crippen LogP contribution in [0.25, 0.3) is 0 Å².